The van der Waals surface area contributed by atoms with Gasteiger partial charge in [0, 0.05) is 37.4 Å². The van der Waals surface area contributed by atoms with Crippen molar-refractivity contribution >= 4 is 17.5 Å². The smallest absolute Gasteiger partial charge is 0.273 e. The van der Waals surface area contributed by atoms with E-state index in [9.17, 15) is 9.59 Å². The Balaban J connectivity index is 1.28. The summed E-state index contributed by atoms with van der Waals surface area (Å²) in [4.78, 5) is 26.6. The highest BCUT2D eigenvalue weighted by Crippen LogP contribution is 2.27. The van der Waals surface area contributed by atoms with E-state index in [1.165, 1.54) is 19.3 Å². The number of anilines is 1. The molecule has 1 saturated heterocycles. The van der Waals surface area contributed by atoms with Crippen molar-refractivity contribution in [1.82, 2.24) is 25.6 Å². The summed E-state index contributed by atoms with van der Waals surface area (Å²) in [5.41, 5.74) is 2.17. The van der Waals surface area contributed by atoms with Crippen LogP contribution in [0.25, 0.3) is 0 Å². The van der Waals surface area contributed by atoms with Crippen molar-refractivity contribution in [3.63, 3.8) is 0 Å². The zero-order chi connectivity index (χ0) is 20.9. The Labute approximate surface area is 177 Å². The van der Waals surface area contributed by atoms with Gasteiger partial charge >= 0.3 is 0 Å². The van der Waals surface area contributed by atoms with Gasteiger partial charge in [-0.1, -0.05) is 24.5 Å². The minimum atomic E-state index is -0.134. The second-order valence-electron chi connectivity index (χ2n) is 8.24. The number of rotatable bonds is 5. The molecule has 2 heterocycles. The molecular weight excluding hydrogens is 380 g/mol. The first-order chi connectivity index (χ1) is 14.6. The Morgan fingerprint density at radius 3 is 2.33 bits per heavy atom. The van der Waals surface area contributed by atoms with Crippen LogP contribution >= 0.6 is 0 Å². The summed E-state index contributed by atoms with van der Waals surface area (Å²) >= 11 is 0. The average Bonchev–Trinajstić information content (AvgIpc) is 3.30. The monoisotopic (exact) mass is 410 g/mol. The Kier molecular flexibility index (Phi) is 6.30. The topological polar surface area (TPSA) is 92.2 Å². The van der Waals surface area contributed by atoms with Crippen LogP contribution in [-0.4, -0.2) is 53.0 Å². The third-order valence-electron chi connectivity index (χ3n) is 6.24. The summed E-state index contributed by atoms with van der Waals surface area (Å²) in [6, 6.07) is 8.17. The van der Waals surface area contributed by atoms with E-state index < -0.39 is 0 Å². The van der Waals surface area contributed by atoms with Gasteiger partial charge < -0.3 is 15.5 Å². The molecule has 2 fully saturated rings. The van der Waals surface area contributed by atoms with Gasteiger partial charge in [0.15, 0.2) is 5.69 Å². The van der Waals surface area contributed by atoms with Crippen LogP contribution in [-0.2, 0) is 0 Å². The molecule has 1 saturated carbocycles. The zero-order valence-electron chi connectivity index (χ0n) is 17.5. The number of hydrogen-bond acceptors (Lipinski definition) is 5. The molecule has 0 bridgehead atoms. The van der Waals surface area contributed by atoms with E-state index in [0.29, 0.717) is 17.3 Å². The van der Waals surface area contributed by atoms with Gasteiger partial charge in [0.2, 0.25) is 0 Å². The Bertz CT molecular complexity index is 864. The molecule has 2 N–H and O–H groups in total. The number of piperidine rings is 1. The number of hydrogen-bond donors (Lipinski definition) is 2. The van der Waals surface area contributed by atoms with E-state index in [1.807, 2.05) is 28.9 Å². The van der Waals surface area contributed by atoms with E-state index in [2.05, 4.69) is 25.8 Å². The molecule has 1 aromatic heterocycles. The second kappa shape index (κ2) is 9.28. The van der Waals surface area contributed by atoms with Crippen LogP contribution in [0, 0.1) is 0 Å². The van der Waals surface area contributed by atoms with Crippen molar-refractivity contribution in [2.75, 3.05) is 25.0 Å². The first-order valence-electron chi connectivity index (χ1n) is 10.9. The van der Waals surface area contributed by atoms with Gasteiger partial charge in [-0.25, -0.2) is 4.68 Å². The van der Waals surface area contributed by atoms with E-state index in [-0.39, 0.29) is 17.9 Å². The van der Waals surface area contributed by atoms with E-state index in [1.54, 1.807) is 13.2 Å². The van der Waals surface area contributed by atoms with Gasteiger partial charge in [-0.05, 0) is 49.9 Å². The summed E-state index contributed by atoms with van der Waals surface area (Å²) in [6.07, 6.45) is 9.52. The van der Waals surface area contributed by atoms with Gasteiger partial charge in [-0.2, -0.15) is 0 Å². The Hall–Kier alpha value is -2.90. The minimum absolute atomic E-state index is 0.0802. The molecule has 8 heteroatoms. The molecule has 2 aliphatic rings. The molecule has 160 valence electrons. The van der Waals surface area contributed by atoms with Gasteiger partial charge in [0.25, 0.3) is 11.8 Å². The summed E-state index contributed by atoms with van der Waals surface area (Å²) in [6.45, 7) is 1.72. The lowest BCUT2D eigenvalue weighted by Crippen LogP contribution is -2.44. The van der Waals surface area contributed by atoms with E-state index >= 15 is 0 Å². The van der Waals surface area contributed by atoms with Crippen molar-refractivity contribution in [2.24, 2.45) is 0 Å². The summed E-state index contributed by atoms with van der Waals surface area (Å²) in [5.74, 6) is -0.214. The third-order valence-corrected chi connectivity index (χ3v) is 6.24. The van der Waals surface area contributed by atoms with Crippen LogP contribution < -0.4 is 15.5 Å². The SMILES string of the molecule is CNC(=O)c1ccc(N2CCC(NC(=O)c3cn(C4CCCCC4)nn3)CC2)cc1. The largest absolute Gasteiger partial charge is 0.371 e. The van der Waals surface area contributed by atoms with Crippen molar-refractivity contribution < 1.29 is 9.59 Å². The number of nitrogens with one attached hydrogen (secondary N) is 2. The second-order valence-corrected chi connectivity index (χ2v) is 8.24. The summed E-state index contributed by atoms with van der Waals surface area (Å²) in [5, 5.41) is 14.1. The van der Waals surface area contributed by atoms with Crippen LogP contribution in [0.4, 0.5) is 5.69 Å². The third kappa shape index (κ3) is 4.63. The highest BCUT2D eigenvalue weighted by molar-refractivity contribution is 5.94. The molecule has 0 spiro atoms. The van der Waals surface area contributed by atoms with Crippen molar-refractivity contribution in [2.45, 2.75) is 57.0 Å². The molecule has 8 nitrogen and oxygen atoms in total. The van der Waals surface area contributed by atoms with E-state index in [0.717, 1.165) is 44.5 Å². The molecule has 0 radical (unpaired) electrons. The predicted octanol–water partition coefficient (Wildman–Crippen LogP) is 2.54. The first-order valence-corrected chi connectivity index (χ1v) is 10.9. The molecule has 2 aromatic rings. The van der Waals surface area contributed by atoms with Gasteiger partial charge in [0.1, 0.15) is 0 Å². The lowest BCUT2D eigenvalue weighted by molar-refractivity contribution is 0.0924. The highest BCUT2D eigenvalue weighted by Gasteiger charge is 2.24. The molecular formula is C22H30N6O2. The molecule has 2 amide bonds. The van der Waals surface area contributed by atoms with Gasteiger partial charge in [0.05, 0.1) is 12.2 Å². The predicted molar refractivity (Wildman–Crippen MR) is 115 cm³/mol. The maximum absolute atomic E-state index is 12.6. The molecule has 0 atom stereocenters. The van der Waals surface area contributed by atoms with E-state index in [4.69, 9.17) is 0 Å². The maximum Gasteiger partial charge on any atom is 0.273 e. The van der Waals surface area contributed by atoms with Crippen molar-refractivity contribution in [1.29, 1.82) is 0 Å². The van der Waals surface area contributed by atoms with Crippen LogP contribution in [0.2, 0.25) is 0 Å². The normalized spacial score (nSPS) is 18.2. The number of aromatic nitrogens is 3. The fourth-order valence-electron chi connectivity index (χ4n) is 4.41. The van der Waals surface area contributed by atoms with Crippen LogP contribution in [0.1, 0.15) is 71.8 Å². The lowest BCUT2D eigenvalue weighted by Gasteiger charge is -2.33. The van der Waals surface area contributed by atoms with Gasteiger partial charge in [-0.15, -0.1) is 5.10 Å². The van der Waals surface area contributed by atoms with Crippen LogP contribution in [0.5, 0.6) is 0 Å². The lowest BCUT2D eigenvalue weighted by atomic mass is 9.96. The number of amides is 2. The van der Waals surface area contributed by atoms with Crippen molar-refractivity contribution in [3.8, 4) is 0 Å². The number of carbonyl (C=O) groups is 2. The fraction of sp³-hybridized carbons (Fsp3) is 0.545. The van der Waals surface area contributed by atoms with Gasteiger partial charge in [-0.3, -0.25) is 9.59 Å². The maximum atomic E-state index is 12.6. The fourth-order valence-corrected chi connectivity index (χ4v) is 4.41. The Morgan fingerprint density at radius 2 is 1.67 bits per heavy atom. The van der Waals surface area contributed by atoms with Crippen LogP contribution in [0.15, 0.2) is 30.5 Å². The molecule has 1 aliphatic carbocycles. The summed E-state index contributed by atoms with van der Waals surface area (Å²) in [7, 11) is 1.63. The molecule has 1 aliphatic heterocycles. The molecule has 1 aromatic carbocycles. The van der Waals surface area contributed by atoms with Crippen molar-refractivity contribution in [3.05, 3.63) is 41.7 Å². The molecule has 30 heavy (non-hydrogen) atoms. The first kappa shape index (κ1) is 20.4. The number of nitrogens with zero attached hydrogens (tertiary/aromatic N) is 4. The molecule has 0 unspecified atom stereocenters. The minimum Gasteiger partial charge on any atom is -0.371 e. The zero-order valence-corrected chi connectivity index (χ0v) is 17.5. The average molecular weight is 411 g/mol. The number of carbonyl (C=O) groups excluding carboxylic acids is 2. The summed E-state index contributed by atoms with van der Waals surface area (Å²) < 4.78 is 1.87. The number of benzene rings is 1. The quantitative estimate of drug-likeness (QED) is 0.790. The molecule has 4 rings (SSSR count). The standard InChI is InChI=1S/C22H30N6O2/c1-23-21(29)16-7-9-18(10-8-16)27-13-11-17(12-14-27)24-22(30)20-15-28(26-25-20)19-5-3-2-4-6-19/h7-10,15,17,19H,2-6,11-14H2,1H3,(H,23,29)(H,24,30). The highest BCUT2D eigenvalue weighted by atomic mass is 16.2. The Morgan fingerprint density at radius 1 is 0.967 bits per heavy atom. The van der Waals surface area contributed by atoms with Crippen LogP contribution in [0.3, 0.4) is 0 Å².